The van der Waals surface area contributed by atoms with Crippen LogP contribution >= 0.6 is 0 Å². The lowest BCUT2D eigenvalue weighted by atomic mass is 9.92. The number of carbonyl (C=O) groups excluding carboxylic acids is 1. The molecule has 2 aliphatic rings. The summed E-state index contributed by atoms with van der Waals surface area (Å²) in [5, 5.41) is 32.5. The molecule has 0 bridgehead atoms. The number of hydrogen-bond donors (Lipinski definition) is 3. The van der Waals surface area contributed by atoms with Crippen LogP contribution in [-0.2, 0) is 10.3 Å². The van der Waals surface area contributed by atoms with Gasteiger partial charge in [0.1, 0.15) is 11.2 Å². The Kier molecular flexibility index (Phi) is 5.24. The predicted molar refractivity (Wildman–Crippen MR) is 96.6 cm³/mol. The van der Waals surface area contributed by atoms with Gasteiger partial charge < -0.3 is 24.7 Å². The van der Waals surface area contributed by atoms with Crippen LogP contribution < -0.4 is 5.32 Å². The Hall–Kier alpha value is -1.67. The SMILES string of the molecule is CC(C)C(NC(=O)OC(C)(C)C)C(O)c1nnc(C(O)(C2CC2)C2CC2)o1. The van der Waals surface area contributed by atoms with E-state index in [0.717, 1.165) is 25.7 Å². The van der Waals surface area contributed by atoms with Crippen molar-refractivity contribution in [3.8, 4) is 0 Å². The summed E-state index contributed by atoms with van der Waals surface area (Å²) in [4.78, 5) is 12.1. The van der Waals surface area contributed by atoms with Gasteiger partial charge in [0.25, 0.3) is 0 Å². The lowest BCUT2D eigenvalue weighted by Crippen LogP contribution is -2.45. The molecule has 0 aliphatic heterocycles. The fourth-order valence-electron chi connectivity index (χ4n) is 3.45. The third-order valence-electron chi connectivity index (χ3n) is 5.18. The Morgan fingerprint density at radius 1 is 1.19 bits per heavy atom. The highest BCUT2D eigenvalue weighted by molar-refractivity contribution is 5.68. The molecule has 0 radical (unpaired) electrons. The first-order chi connectivity index (χ1) is 12.5. The van der Waals surface area contributed by atoms with Crippen molar-refractivity contribution in [2.24, 2.45) is 17.8 Å². The minimum atomic E-state index is -1.19. The third-order valence-corrected chi connectivity index (χ3v) is 5.18. The number of carbonyl (C=O) groups is 1. The number of ether oxygens (including phenoxy) is 1. The quantitative estimate of drug-likeness (QED) is 0.664. The lowest BCUT2D eigenvalue weighted by Gasteiger charge is -2.28. The second-order valence-electron chi connectivity index (χ2n) is 9.18. The van der Waals surface area contributed by atoms with Crippen molar-refractivity contribution in [1.29, 1.82) is 0 Å². The van der Waals surface area contributed by atoms with Crippen LogP contribution in [0.4, 0.5) is 4.79 Å². The van der Waals surface area contributed by atoms with Crippen LogP contribution in [0.15, 0.2) is 4.42 Å². The summed E-state index contributed by atoms with van der Waals surface area (Å²) in [6.45, 7) is 9.05. The number of aromatic nitrogens is 2. The standard InChI is InChI=1S/C19H31N3O5/c1-10(2)13(20-17(24)27-18(3,4)5)14(23)15-21-22-16(26-15)19(25,11-6-7-11)12-8-9-12/h10-14,23,25H,6-9H2,1-5H3,(H,20,24). The van der Waals surface area contributed by atoms with Gasteiger partial charge in [-0.05, 0) is 64.2 Å². The van der Waals surface area contributed by atoms with E-state index in [1.165, 1.54) is 0 Å². The van der Waals surface area contributed by atoms with Gasteiger partial charge in [-0.2, -0.15) is 0 Å². The summed E-state index contributed by atoms with van der Waals surface area (Å²) < 4.78 is 11.0. The molecule has 8 heteroatoms. The summed E-state index contributed by atoms with van der Waals surface area (Å²) in [5.41, 5.74) is -1.73. The van der Waals surface area contributed by atoms with Gasteiger partial charge >= 0.3 is 6.09 Å². The molecule has 3 rings (SSSR count). The number of amides is 1. The summed E-state index contributed by atoms with van der Waals surface area (Å²) in [7, 11) is 0. The monoisotopic (exact) mass is 381 g/mol. The van der Waals surface area contributed by atoms with Crippen molar-refractivity contribution in [2.45, 2.75) is 83.6 Å². The van der Waals surface area contributed by atoms with Gasteiger partial charge in [0, 0.05) is 0 Å². The first-order valence-corrected chi connectivity index (χ1v) is 9.76. The predicted octanol–water partition coefficient (Wildman–Crippen LogP) is 2.66. The third kappa shape index (κ3) is 4.43. The van der Waals surface area contributed by atoms with E-state index < -0.39 is 29.4 Å². The molecule has 2 atom stereocenters. The maximum atomic E-state index is 12.1. The molecule has 3 N–H and O–H groups in total. The molecule has 152 valence electrons. The molecule has 2 aliphatic carbocycles. The molecular formula is C19H31N3O5. The number of rotatable bonds is 7. The second-order valence-corrected chi connectivity index (χ2v) is 9.18. The van der Waals surface area contributed by atoms with Gasteiger partial charge in [0.05, 0.1) is 6.04 Å². The topological polar surface area (TPSA) is 118 Å². The van der Waals surface area contributed by atoms with E-state index in [0.29, 0.717) is 0 Å². The fourth-order valence-corrected chi connectivity index (χ4v) is 3.45. The van der Waals surface area contributed by atoms with E-state index in [9.17, 15) is 15.0 Å². The van der Waals surface area contributed by atoms with Crippen molar-refractivity contribution in [1.82, 2.24) is 15.5 Å². The van der Waals surface area contributed by atoms with Gasteiger partial charge in [-0.25, -0.2) is 4.79 Å². The van der Waals surface area contributed by atoms with Gasteiger partial charge in [-0.1, -0.05) is 13.8 Å². The van der Waals surface area contributed by atoms with Crippen molar-refractivity contribution < 1.29 is 24.2 Å². The molecule has 1 heterocycles. The molecule has 2 fully saturated rings. The molecule has 0 spiro atoms. The van der Waals surface area contributed by atoms with Crippen molar-refractivity contribution >= 4 is 6.09 Å². The average molecular weight is 381 g/mol. The van der Waals surface area contributed by atoms with Gasteiger partial charge in [-0.15, -0.1) is 10.2 Å². The first-order valence-electron chi connectivity index (χ1n) is 9.76. The Morgan fingerprint density at radius 3 is 2.19 bits per heavy atom. The van der Waals surface area contributed by atoms with E-state index >= 15 is 0 Å². The minimum absolute atomic E-state index is 0.000478. The lowest BCUT2D eigenvalue weighted by molar-refractivity contribution is -0.0382. The Morgan fingerprint density at radius 2 is 1.74 bits per heavy atom. The van der Waals surface area contributed by atoms with Crippen LogP contribution in [0.2, 0.25) is 0 Å². The Bertz CT molecular complexity index is 661. The molecule has 1 aromatic heterocycles. The van der Waals surface area contributed by atoms with E-state index in [-0.39, 0.29) is 29.5 Å². The van der Waals surface area contributed by atoms with Crippen LogP contribution in [0.5, 0.6) is 0 Å². The molecule has 0 aromatic carbocycles. The van der Waals surface area contributed by atoms with Gasteiger partial charge in [0.15, 0.2) is 6.10 Å². The highest BCUT2D eigenvalue weighted by Gasteiger charge is 2.57. The van der Waals surface area contributed by atoms with Crippen LogP contribution in [0.25, 0.3) is 0 Å². The smallest absolute Gasteiger partial charge is 0.407 e. The number of nitrogens with one attached hydrogen (secondary N) is 1. The first kappa shape index (κ1) is 20.1. The van der Waals surface area contributed by atoms with Crippen molar-refractivity contribution in [3.05, 3.63) is 11.8 Å². The van der Waals surface area contributed by atoms with Gasteiger partial charge in [-0.3, -0.25) is 0 Å². The largest absolute Gasteiger partial charge is 0.444 e. The number of hydrogen-bond acceptors (Lipinski definition) is 7. The zero-order chi connectivity index (χ0) is 20.0. The molecule has 2 unspecified atom stereocenters. The summed E-state index contributed by atoms with van der Waals surface area (Å²) in [6, 6.07) is -0.664. The van der Waals surface area contributed by atoms with Crippen LogP contribution in [0, 0.1) is 17.8 Å². The second kappa shape index (κ2) is 7.05. The average Bonchev–Trinajstić information content (AvgIpc) is 3.46. The zero-order valence-corrected chi connectivity index (χ0v) is 16.7. The molecule has 2 saturated carbocycles. The minimum Gasteiger partial charge on any atom is -0.444 e. The van der Waals surface area contributed by atoms with Gasteiger partial charge in [0.2, 0.25) is 11.8 Å². The maximum Gasteiger partial charge on any atom is 0.407 e. The van der Waals surface area contributed by atoms with E-state index in [1.54, 1.807) is 20.8 Å². The Labute approximate surface area is 159 Å². The summed E-state index contributed by atoms with van der Waals surface area (Å²) in [6.07, 6.45) is 1.97. The highest BCUT2D eigenvalue weighted by atomic mass is 16.6. The van der Waals surface area contributed by atoms with Crippen molar-refractivity contribution in [3.63, 3.8) is 0 Å². The van der Waals surface area contributed by atoms with Crippen LogP contribution in [0.3, 0.4) is 0 Å². The van der Waals surface area contributed by atoms with E-state index in [4.69, 9.17) is 9.15 Å². The molecule has 27 heavy (non-hydrogen) atoms. The maximum absolute atomic E-state index is 12.1. The van der Waals surface area contributed by atoms with Crippen LogP contribution in [0.1, 0.15) is 78.2 Å². The zero-order valence-electron chi connectivity index (χ0n) is 16.7. The molecule has 8 nitrogen and oxygen atoms in total. The van der Waals surface area contributed by atoms with E-state index in [1.807, 2.05) is 13.8 Å². The number of alkyl carbamates (subject to hydrolysis) is 1. The summed E-state index contributed by atoms with van der Waals surface area (Å²) in [5.74, 6) is 0.377. The molecule has 0 saturated heterocycles. The van der Waals surface area contributed by atoms with Crippen LogP contribution in [-0.4, -0.2) is 38.1 Å². The number of aliphatic hydroxyl groups excluding tert-OH is 1. The van der Waals surface area contributed by atoms with E-state index in [2.05, 4.69) is 15.5 Å². The molecule has 1 amide bonds. The number of aliphatic hydroxyl groups is 2. The number of nitrogens with zero attached hydrogens (tertiary/aromatic N) is 2. The fraction of sp³-hybridized carbons (Fsp3) is 0.842. The Balaban J connectivity index is 1.74. The summed E-state index contributed by atoms with van der Waals surface area (Å²) >= 11 is 0. The van der Waals surface area contributed by atoms with Crippen molar-refractivity contribution in [2.75, 3.05) is 0 Å². The highest BCUT2D eigenvalue weighted by Crippen LogP contribution is 2.57. The molecule has 1 aromatic rings. The molecular weight excluding hydrogens is 350 g/mol. The normalized spacial score (nSPS) is 20.4.